The summed E-state index contributed by atoms with van der Waals surface area (Å²) < 4.78 is 0. The van der Waals surface area contributed by atoms with Gasteiger partial charge in [-0.05, 0) is 32.4 Å². The molecule has 7 heteroatoms. The largest absolute Gasteiger partial charge is 0.386 e. The smallest absolute Gasteiger partial charge is 0.234 e. The van der Waals surface area contributed by atoms with Gasteiger partial charge < -0.3 is 15.3 Å². The number of hydrogen-bond acceptors (Lipinski definition) is 6. The zero-order chi connectivity index (χ0) is 17.0. The first kappa shape index (κ1) is 17.1. The molecule has 1 atom stereocenters. The maximum absolute atomic E-state index is 12.2. The van der Waals surface area contributed by atoms with E-state index in [1.807, 2.05) is 11.9 Å². The van der Waals surface area contributed by atoms with Crippen LogP contribution in [0.1, 0.15) is 32.1 Å². The van der Waals surface area contributed by atoms with Gasteiger partial charge in [-0.15, -0.1) is 0 Å². The molecule has 1 unspecified atom stereocenters. The van der Waals surface area contributed by atoms with E-state index in [9.17, 15) is 9.90 Å². The van der Waals surface area contributed by atoms with Crippen LogP contribution in [0.2, 0.25) is 0 Å². The maximum Gasteiger partial charge on any atom is 0.234 e. The third-order valence-electron chi connectivity index (χ3n) is 5.12. The van der Waals surface area contributed by atoms with Crippen molar-refractivity contribution in [3.8, 4) is 0 Å². The molecule has 0 aromatic carbocycles. The van der Waals surface area contributed by atoms with Crippen molar-refractivity contribution in [3.63, 3.8) is 0 Å². The predicted molar refractivity (Wildman–Crippen MR) is 91.7 cm³/mol. The molecule has 2 N–H and O–H groups in total. The van der Waals surface area contributed by atoms with E-state index in [2.05, 4.69) is 20.2 Å². The van der Waals surface area contributed by atoms with Gasteiger partial charge in [-0.3, -0.25) is 9.69 Å². The highest BCUT2D eigenvalue weighted by atomic mass is 16.3. The van der Waals surface area contributed by atoms with E-state index in [1.165, 1.54) is 25.7 Å². The minimum atomic E-state index is -0.916. The Balaban J connectivity index is 1.45. The van der Waals surface area contributed by atoms with Gasteiger partial charge in [0, 0.05) is 31.5 Å². The third kappa shape index (κ3) is 4.21. The quantitative estimate of drug-likeness (QED) is 0.785. The van der Waals surface area contributed by atoms with Gasteiger partial charge in [-0.2, -0.15) is 0 Å². The molecule has 24 heavy (non-hydrogen) atoms. The van der Waals surface area contributed by atoms with Crippen molar-refractivity contribution in [2.75, 3.05) is 38.1 Å². The number of anilines is 1. The number of aromatic nitrogens is 2. The van der Waals surface area contributed by atoms with Gasteiger partial charge in [-0.1, -0.05) is 12.8 Å². The van der Waals surface area contributed by atoms with Crippen LogP contribution in [0.4, 0.5) is 5.95 Å². The Morgan fingerprint density at radius 1 is 1.42 bits per heavy atom. The van der Waals surface area contributed by atoms with E-state index in [-0.39, 0.29) is 12.5 Å². The predicted octanol–water partition coefficient (Wildman–Crippen LogP) is 0.408. The molecule has 1 saturated heterocycles. The van der Waals surface area contributed by atoms with Crippen LogP contribution in [0.3, 0.4) is 0 Å². The Hall–Kier alpha value is -1.73. The molecule has 2 aliphatic rings. The second-order valence-electron chi connectivity index (χ2n) is 7.07. The Kier molecular flexibility index (Phi) is 5.30. The SMILES string of the molecule is CN(CC(=O)NCC1(O)CCN(c2ncccn2)C1)C1CCCC1. The Morgan fingerprint density at radius 3 is 2.83 bits per heavy atom. The summed E-state index contributed by atoms with van der Waals surface area (Å²) in [5, 5.41) is 13.6. The second kappa shape index (κ2) is 7.44. The number of β-amino-alcohol motifs (C(OH)–C–C–N with tert-alkyl or cyclic N) is 1. The molecule has 1 aromatic rings. The summed E-state index contributed by atoms with van der Waals surface area (Å²) in [5.41, 5.74) is -0.916. The van der Waals surface area contributed by atoms with E-state index in [1.54, 1.807) is 18.5 Å². The monoisotopic (exact) mass is 333 g/mol. The van der Waals surface area contributed by atoms with Crippen LogP contribution in [0.5, 0.6) is 0 Å². The van der Waals surface area contributed by atoms with E-state index < -0.39 is 5.60 Å². The molecular weight excluding hydrogens is 306 g/mol. The fourth-order valence-corrected chi connectivity index (χ4v) is 3.65. The van der Waals surface area contributed by atoms with Crippen LogP contribution in [-0.4, -0.2) is 70.8 Å². The topological polar surface area (TPSA) is 81.6 Å². The van der Waals surface area contributed by atoms with Crippen LogP contribution in [0.25, 0.3) is 0 Å². The van der Waals surface area contributed by atoms with E-state index in [4.69, 9.17) is 0 Å². The van der Waals surface area contributed by atoms with Gasteiger partial charge in [0.05, 0.1) is 13.1 Å². The molecule has 1 aromatic heterocycles. The Morgan fingerprint density at radius 2 is 2.12 bits per heavy atom. The number of rotatable bonds is 6. The lowest BCUT2D eigenvalue weighted by molar-refractivity contribution is -0.123. The molecule has 7 nitrogen and oxygen atoms in total. The molecule has 2 heterocycles. The van der Waals surface area contributed by atoms with Crippen molar-refractivity contribution in [2.45, 2.75) is 43.7 Å². The van der Waals surface area contributed by atoms with E-state index in [0.717, 1.165) is 0 Å². The number of nitrogens with one attached hydrogen (secondary N) is 1. The van der Waals surface area contributed by atoms with Gasteiger partial charge in [0.1, 0.15) is 5.60 Å². The first-order valence-corrected chi connectivity index (χ1v) is 8.77. The molecular formula is C17H27N5O2. The van der Waals surface area contributed by atoms with Crippen molar-refractivity contribution < 1.29 is 9.90 Å². The molecule has 1 amide bonds. The van der Waals surface area contributed by atoms with Crippen LogP contribution >= 0.6 is 0 Å². The van der Waals surface area contributed by atoms with Crippen LogP contribution in [0.15, 0.2) is 18.5 Å². The summed E-state index contributed by atoms with van der Waals surface area (Å²) in [5.74, 6) is 0.605. The number of nitrogens with zero attached hydrogens (tertiary/aromatic N) is 4. The summed E-state index contributed by atoms with van der Waals surface area (Å²) in [4.78, 5) is 24.7. The Labute approximate surface area is 143 Å². The second-order valence-corrected chi connectivity index (χ2v) is 7.07. The summed E-state index contributed by atoms with van der Waals surface area (Å²) in [6, 6.07) is 2.29. The maximum atomic E-state index is 12.2. The minimum absolute atomic E-state index is 0.0211. The summed E-state index contributed by atoms with van der Waals surface area (Å²) in [6.45, 7) is 1.80. The first-order chi connectivity index (χ1) is 11.6. The number of hydrogen-bond donors (Lipinski definition) is 2. The van der Waals surface area contributed by atoms with Crippen molar-refractivity contribution in [2.24, 2.45) is 0 Å². The molecule has 1 aliphatic carbocycles. The normalized spacial score (nSPS) is 24.7. The minimum Gasteiger partial charge on any atom is -0.386 e. The molecule has 2 fully saturated rings. The average molecular weight is 333 g/mol. The average Bonchev–Trinajstić information content (AvgIpc) is 3.24. The van der Waals surface area contributed by atoms with Crippen LogP contribution in [0, 0.1) is 0 Å². The lowest BCUT2D eigenvalue weighted by Gasteiger charge is -2.26. The lowest BCUT2D eigenvalue weighted by atomic mass is 10.0. The van der Waals surface area contributed by atoms with Crippen LogP contribution in [-0.2, 0) is 4.79 Å². The number of carbonyl (C=O) groups excluding carboxylic acids is 1. The summed E-state index contributed by atoms with van der Waals surface area (Å²) in [6.07, 6.45) is 8.87. The van der Waals surface area contributed by atoms with Crippen molar-refractivity contribution in [1.82, 2.24) is 20.2 Å². The fraction of sp³-hybridized carbons (Fsp3) is 0.706. The Bertz CT molecular complexity index is 549. The number of aliphatic hydroxyl groups is 1. The zero-order valence-corrected chi connectivity index (χ0v) is 14.3. The lowest BCUT2D eigenvalue weighted by Crippen LogP contribution is -2.48. The van der Waals surface area contributed by atoms with Gasteiger partial charge >= 0.3 is 0 Å². The fourth-order valence-electron chi connectivity index (χ4n) is 3.65. The highest BCUT2D eigenvalue weighted by Gasteiger charge is 2.37. The molecule has 1 saturated carbocycles. The highest BCUT2D eigenvalue weighted by molar-refractivity contribution is 5.78. The summed E-state index contributed by atoms with van der Waals surface area (Å²) >= 11 is 0. The number of likely N-dealkylation sites (N-methyl/N-ethyl adjacent to an activating group) is 1. The van der Waals surface area contributed by atoms with E-state index in [0.29, 0.717) is 38.0 Å². The number of carbonyl (C=O) groups is 1. The van der Waals surface area contributed by atoms with E-state index >= 15 is 0 Å². The third-order valence-corrected chi connectivity index (χ3v) is 5.12. The molecule has 3 rings (SSSR count). The van der Waals surface area contributed by atoms with Crippen molar-refractivity contribution in [3.05, 3.63) is 18.5 Å². The molecule has 1 aliphatic heterocycles. The number of amides is 1. The molecule has 0 spiro atoms. The van der Waals surface area contributed by atoms with Crippen molar-refractivity contribution >= 4 is 11.9 Å². The molecule has 0 radical (unpaired) electrons. The standard InChI is InChI=1S/C17H27N5O2/c1-21(14-5-2-3-6-14)11-15(23)20-12-17(24)7-10-22(13-17)16-18-8-4-9-19-16/h4,8-9,14,24H,2-3,5-7,10-13H2,1H3,(H,20,23). The van der Waals surface area contributed by atoms with Gasteiger partial charge in [0.25, 0.3) is 0 Å². The van der Waals surface area contributed by atoms with Crippen molar-refractivity contribution in [1.29, 1.82) is 0 Å². The highest BCUT2D eigenvalue weighted by Crippen LogP contribution is 2.24. The van der Waals surface area contributed by atoms with Gasteiger partial charge in [-0.25, -0.2) is 9.97 Å². The zero-order valence-electron chi connectivity index (χ0n) is 14.3. The molecule has 0 bridgehead atoms. The first-order valence-electron chi connectivity index (χ1n) is 8.77. The van der Waals surface area contributed by atoms with Gasteiger partial charge in [0.2, 0.25) is 11.9 Å². The summed E-state index contributed by atoms with van der Waals surface area (Å²) in [7, 11) is 2.01. The molecule has 132 valence electrons. The van der Waals surface area contributed by atoms with Crippen LogP contribution < -0.4 is 10.2 Å². The van der Waals surface area contributed by atoms with Gasteiger partial charge in [0.15, 0.2) is 0 Å².